The Kier molecular flexibility index (Phi) is 3.65. The van der Waals surface area contributed by atoms with Gasteiger partial charge in [-0.2, -0.15) is 0 Å². The Labute approximate surface area is 160 Å². The third-order valence-corrected chi connectivity index (χ3v) is 5.58. The average Bonchev–Trinajstić information content (AvgIpc) is 3.07. The molecular weight excluding hydrogens is 384 g/mol. The van der Waals surface area contributed by atoms with E-state index in [0.717, 1.165) is 32.0 Å². The van der Waals surface area contributed by atoms with Gasteiger partial charge in [-0.15, -0.1) is 0 Å². The number of hydrogen-bond acceptors (Lipinski definition) is 1. The molecule has 0 atom stereocenters. The minimum absolute atomic E-state index is 0.909. The lowest BCUT2D eigenvalue weighted by molar-refractivity contribution is 0.669. The summed E-state index contributed by atoms with van der Waals surface area (Å²) in [7, 11) is 0. The monoisotopic (exact) mass is 398 g/mol. The second kappa shape index (κ2) is 6.15. The summed E-state index contributed by atoms with van der Waals surface area (Å²) in [4.78, 5) is 0. The van der Waals surface area contributed by atoms with Crippen LogP contribution in [0, 0.1) is 0 Å². The summed E-state index contributed by atoms with van der Waals surface area (Å²) in [6.07, 6.45) is 0. The van der Waals surface area contributed by atoms with Gasteiger partial charge in [-0.1, -0.05) is 78.9 Å². The second-order valence-electron chi connectivity index (χ2n) is 6.32. The van der Waals surface area contributed by atoms with E-state index in [1.165, 1.54) is 16.7 Å². The first-order valence-corrected chi connectivity index (χ1v) is 9.37. The van der Waals surface area contributed by atoms with E-state index in [1.54, 1.807) is 0 Å². The summed E-state index contributed by atoms with van der Waals surface area (Å²) < 4.78 is 7.30. The molecule has 0 aliphatic carbocycles. The largest absolute Gasteiger partial charge is 0.456 e. The molecule has 0 aliphatic rings. The highest BCUT2D eigenvalue weighted by Crippen LogP contribution is 2.45. The first-order chi connectivity index (χ1) is 12.8. The van der Waals surface area contributed by atoms with E-state index in [1.807, 2.05) is 24.3 Å². The molecule has 5 aromatic rings. The number of benzene rings is 4. The van der Waals surface area contributed by atoms with Crippen LogP contribution in [0.1, 0.15) is 0 Å². The van der Waals surface area contributed by atoms with Gasteiger partial charge in [0.15, 0.2) is 0 Å². The molecule has 1 nitrogen and oxygen atoms in total. The van der Waals surface area contributed by atoms with Crippen LogP contribution in [0.4, 0.5) is 0 Å². The van der Waals surface area contributed by atoms with E-state index < -0.39 is 0 Å². The van der Waals surface area contributed by atoms with Gasteiger partial charge in [0, 0.05) is 26.4 Å². The third kappa shape index (κ3) is 2.38. The molecule has 124 valence electrons. The maximum atomic E-state index is 6.21. The summed E-state index contributed by atoms with van der Waals surface area (Å²) in [6.45, 7) is 0. The van der Waals surface area contributed by atoms with E-state index in [0.29, 0.717) is 0 Å². The fraction of sp³-hybridized carbons (Fsp3) is 0. The lowest BCUT2D eigenvalue weighted by Crippen LogP contribution is -1.87. The number of hydrogen-bond donors (Lipinski definition) is 0. The highest BCUT2D eigenvalue weighted by Gasteiger charge is 2.19. The molecule has 0 spiro atoms. The van der Waals surface area contributed by atoms with Gasteiger partial charge in [-0.25, -0.2) is 0 Å². The molecule has 0 radical (unpaired) electrons. The van der Waals surface area contributed by atoms with Crippen LogP contribution in [0.3, 0.4) is 0 Å². The fourth-order valence-corrected chi connectivity index (χ4v) is 4.34. The Morgan fingerprint density at radius 2 is 1.23 bits per heavy atom. The topological polar surface area (TPSA) is 13.1 Å². The summed E-state index contributed by atoms with van der Waals surface area (Å²) in [6, 6.07) is 31.3. The Hall–Kier alpha value is -2.84. The summed E-state index contributed by atoms with van der Waals surface area (Å²) in [5.74, 6) is 0. The van der Waals surface area contributed by atoms with Crippen molar-refractivity contribution in [2.75, 3.05) is 0 Å². The molecule has 0 unspecified atom stereocenters. The molecule has 0 N–H and O–H groups in total. The van der Waals surface area contributed by atoms with Crippen LogP contribution in [-0.2, 0) is 0 Å². The van der Waals surface area contributed by atoms with E-state index in [2.05, 4.69) is 82.7 Å². The van der Waals surface area contributed by atoms with Gasteiger partial charge in [0.05, 0.1) is 0 Å². The van der Waals surface area contributed by atoms with Crippen LogP contribution in [0.2, 0.25) is 0 Å². The van der Waals surface area contributed by atoms with E-state index in [4.69, 9.17) is 4.42 Å². The molecule has 5 rings (SSSR count). The molecule has 26 heavy (non-hydrogen) atoms. The maximum absolute atomic E-state index is 6.21. The zero-order valence-corrected chi connectivity index (χ0v) is 15.5. The van der Waals surface area contributed by atoms with E-state index >= 15 is 0 Å². The van der Waals surface area contributed by atoms with Crippen molar-refractivity contribution in [1.29, 1.82) is 0 Å². The van der Waals surface area contributed by atoms with Crippen molar-refractivity contribution in [3.05, 3.63) is 95.5 Å². The van der Waals surface area contributed by atoms with Crippen molar-refractivity contribution in [3.63, 3.8) is 0 Å². The zero-order chi connectivity index (χ0) is 17.5. The third-order valence-electron chi connectivity index (χ3n) is 4.75. The molecule has 0 saturated carbocycles. The Morgan fingerprint density at radius 3 is 1.96 bits per heavy atom. The van der Waals surface area contributed by atoms with Crippen LogP contribution in [0.5, 0.6) is 0 Å². The van der Waals surface area contributed by atoms with Gasteiger partial charge in [-0.05, 0) is 39.2 Å². The quantitative estimate of drug-likeness (QED) is 0.297. The highest BCUT2D eigenvalue weighted by molar-refractivity contribution is 9.10. The Balaban J connectivity index is 1.96. The van der Waals surface area contributed by atoms with Crippen molar-refractivity contribution in [1.82, 2.24) is 0 Å². The van der Waals surface area contributed by atoms with Gasteiger partial charge in [0.1, 0.15) is 11.2 Å². The van der Waals surface area contributed by atoms with E-state index in [9.17, 15) is 0 Å². The zero-order valence-electron chi connectivity index (χ0n) is 13.9. The molecule has 2 heteroatoms. The lowest BCUT2D eigenvalue weighted by Gasteiger charge is -2.12. The van der Waals surface area contributed by atoms with Crippen molar-refractivity contribution >= 4 is 37.9 Å². The number of para-hydroxylation sites is 1. The Bertz CT molecular complexity index is 1220. The predicted molar refractivity (Wildman–Crippen MR) is 112 cm³/mol. The molecule has 1 heterocycles. The normalized spacial score (nSPS) is 11.3. The first-order valence-electron chi connectivity index (χ1n) is 8.57. The van der Waals surface area contributed by atoms with Gasteiger partial charge < -0.3 is 4.42 Å². The van der Waals surface area contributed by atoms with Crippen LogP contribution < -0.4 is 0 Å². The molecule has 1 aromatic heterocycles. The molecular formula is C24H15BrO. The van der Waals surface area contributed by atoms with Crippen LogP contribution in [-0.4, -0.2) is 0 Å². The van der Waals surface area contributed by atoms with Gasteiger partial charge in [-0.3, -0.25) is 0 Å². The highest BCUT2D eigenvalue weighted by atomic mass is 79.9. The van der Waals surface area contributed by atoms with E-state index in [-0.39, 0.29) is 0 Å². The molecule has 0 aliphatic heterocycles. The van der Waals surface area contributed by atoms with Crippen molar-refractivity contribution < 1.29 is 4.42 Å². The number of furan rings is 1. The minimum Gasteiger partial charge on any atom is -0.456 e. The summed E-state index contributed by atoms with van der Waals surface area (Å²) in [5, 5.41) is 2.29. The fourth-order valence-electron chi connectivity index (χ4n) is 3.57. The standard InChI is InChI=1S/C24H15BrO/c25-24-19(16-9-3-1-4-10-16)15-21-23(18-13-7-8-14-20(18)26-21)22(24)17-11-5-2-6-12-17/h1-15H. The number of rotatable bonds is 2. The molecule has 0 fully saturated rings. The number of fused-ring (bicyclic) bond motifs is 3. The smallest absolute Gasteiger partial charge is 0.136 e. The van der Waals surface area contributed by atoms with Gasteiger partial charge in [0.2, 0.25) is 0 Å². The van der Waals surface area contributed by atoms with Crippen LogP contribution in [0.25, 0.3) is 44.2 Å². The van der Waals surface area contributed by atoms with Gasteiger partial charge >= 0.3 is 0 Å². The maximum Gasteiger partial charge on any atom is 0.136 e. The molecule has 0 saturated heterocycles. The predicted octanol–water partition coefficient (Wildman–Crippen LogP) is 7.68. The van der Waals surface area contributed by atoms with Crippen molar-refractivity contribution in [2.24, 2.45) is 0 Å². The summed E-state index contributed by atoms with van der Waals surface area (Å²) >= 11 is 3.90. The van der Waals surface area contributed by atoms with Crippen LogP contribution >= 0.6 is 15.9 Å². The lowest BCUT2D eigenvalue weighted by atomic mass is 9.94. The SMILES string of the molecule is Brc1c(-c2ccccc2)cc2oc3ccccc3c2c1-c1ccccc1. The summed E-state index contributed by atoms with van der Waals surface area (Å²) in [5.41, 5.74) is 6.47. The Morgan fingerprint density at radius 1 is 0.615 bits per heavy atom. The second-order valence-corrected chi connectivity index (χ2v) is 7.11. The number of halogens is 1. The first kappa shape index (κ1) is 15.4. The average molecular weight is 399 g/mol. The van der Waals surface area contributed by atoms with Crippen molar-refractivity contribution in [2.45, 2.75) is 0 Å². The molecule has 4 aromatic carbocycles. The molecule has 0 amide bonds. The molecule has 0 bridgehead atoms. The minimum atomic E-state index is 0.909. The van der Waals surface area contributed by atoms with Gasteiger partial charge in [0.25, 0.3) is 0 Å². The van der Waals surface area contributed by atoms with Crippen molar-refractivity contribution in [3.8, 4) is 22.3 Å². The van der Waals surface area contributed by atoms with Crippen LogP contribution in [0.15, 0.2) is 99.9 Å².